The molecule has 2 N–H and O–H groups in total. The maximum absolute atomic E-state index is 14.5. The topological polar surface area (TPSA) is 118 Å². The van der Waals surface area contributed by atoms with Gasteiger partial charge >= 0.3 is 0 Å². The van der Waals surface area contributed by atoms with Crippen LogP contribution in [0.4, 0.5) is 0 Å². The van der Waals surface area contributed by atoms with Crippen LogP contribution in [0.25, 0.3) is 0 Å². The molecule has 1 unspecified atom stereocenters. The first-order chi connectivity index (χ1) is 17.7. The molecule has 1 fully saturated rings. The average molecular weight is 513 g/mol. The summed E-state index contributed by atoms with van der Waals surface area (Å²) in [6.45, 7) is 3.14. The second-order valence-corrected chi connectivity index (χ2v) is 9.74. The van der Waals surface area contributed by atoms with Crippen LogP contribution in [-0.4, -0.2) is 85.9 Å². The van der Waals surface area contributed by atoms with E-state index in [-0.39, 0.29) is 28.8 Å². The number of carbonyl (C=O) groups is 2. The minimum absolute atomic E-state index is 0.0447. The zero-order valence-corrected chi connectivity index (χ0v) is 22.0. The fraction of sp³-hybridized carbons (Fsp3) is 0.481. The monoisotopic (exact) mass is 512 g/mol. The number of fused-ring (bicyclic) bond motifs is 7. The predicted molar refractivity (Wildman–Crippen MR) is 133 cm³/mol. The first-order valence-corrected chi connectivity index (χ1v) is 12.1. The average Bonchev–Trinajstić information content (AvgIpc) is 2.87. The third-order valence-corrected chi connectivity index (χ3v) is 8.14. The van der Waals surface area contributed by atoms with Gasteiger partial charge in [-0.15, -0.1) is 0 Å². The smallest absolute Gasteiger partial charge is 0.241 e. The number of phenols is 1. The second kappa shape index (κ2) is 8.81. The lowest BCUT2D eigenvalue weighted by atomic mass is 9.73. The van der Waals surface area contributed by atoms with Crippen LogP contribution in [0.2, 0.25) is 0 Å². The molecule has 3 heterocycles. The number of ketones is 1. The van der Waals surface area contributed by atoms with Gasteiger partial charge in [0.15, 0.2) is 28.8 Å². The highest BCUT2D eigenvalue weighted by molar-refractivity contribution is 6.10. The van der Waals surface area contributed by atoms with Crippen LogP contribution in [-0.2, 0) is 11.2 Å². The Labute approximate surface area is 215 Å². The van der Waals surface area contributed by atoms with Crippen molar-refractivity contribution in [2.45, 2.75) is 44.4 Å². The lowest BCUT2D eigenvalue weighted by Gasteiger charge is -2.56. The molecule has 10 heteroatoms. The number of piperazine rings is 1. The molecule has 2 aromatic rings. The number of aliphatic hydroxyl groups excluding tert-OH is 1. The number of Topliss-reactive ketones (excluding diaryl/α,β-unsaturated/α-hetero) is 1. The fourth-order valence-corrected chi connectivity index (χ4v) is 6.64. The van der Waals surface area contributed by atoms with E-state index >= 15 is 0 Å². The Morgan fingerprint density at radius 1 is 0.919 bits per heavy atom. The second-order valence-electron chi connectivity index (χ2n) is 9.74. The van der Waals surface area contributed by atoms with E-state index in [0.29, 0.717) is 40.4 Å². The van der Waals surface area contributed by atoms with Gasteiger partial charge < -0.3 is 34.1 Å². The number of likely N-dealkylation sites (N-methyl/N-ethyl adjacent to an activating group) is 1. The third kappa shape index (κ3) is 3.12. The van der Waals surface area contributed by atoms with Gasteiger partial charge in [-0.25, -0.2) is 0 Å². The SMILES string of the molecule is COc1c(C)cc2c(c1O)[C@@H]1C3C(=O)c4c(OC)c(C)c(OC)c(OC)c4[C@H](CO)N3C(=O)[C@H](C2)N1C. The first-order valence-electron chi connectivity index (χ1n) is 12.1. The van der Waals surface area contributed by atoms with E-state index in [2.05, 4.69) is 0 Å². The summed E-state index contributed by atoms with van der Waals surface area (Å²) in [5.74, 6) is 0.589. The Kier molecular flexibility index (Phi) is 5.99. The van der Waals surface area contributed by atoms with Crippen molar-refractivity contribution in [3.63, 3.8) is 0 Å². The number of hydrogen-bond donors (Lipinski definition) is 2. The van der Waals surface area contributed by atoms with Gasteiger partial charge in [-0.3, -0.25) is 14.5 Å². The minimum atomic E-state index is -1.03. The standard InChI is InChI=1S/C27H32N2O8/c1-11-8-13-9-14-27(33)29-15(10-30)17-18(24(35-5)12(2)25(36-6)26(17)37-7)21(31)20(29)19(28(14)3)16(13)22(32)23(11)34-4/h8,14-15,19-20,30,32H,9-10H2,1-7H3/t14-,15-,19+,20?/m0/s1. The van der Waals surface area contributed by atoms with E-state index < -0.39 is 30.8 Å². The molecular formula is C27H32N2O8. The number of hydrogen-bond acceptors (Lipinski definition) is 9. The number of benzene rings is 2. The predicted octanol–water partition coefficient (Wildman–Crippen LogP) is 2.08. The molecule has 198 valence electrons. The van der Waals surface area contributed by atoms with Crippen LogP contribution >= 0.6 is 0 Å². The van der Waals surface area contributed by atoms with Crippen molar-refractivity contribution in [3.8, 4) is 28.7 Å². The molecule has 0 radical (unpaired) electrons. The van der Waals surface area contributed by atoms with E-state index in [4.69, 9.17) is 18.9 Å². The lowest BCUT2D eigenvalue weighted by molar-refractivity contribution is -0.155. The number of carbonyl (C=O) groups excluding carboxylic acids is 2. The Morgan fingerprint density at radius 2 is 1.54 bits per heavy atom. The van der Waals surface area contributed by atoms with Gasteiger partial charge in [0.05, 0.1) is 58.7 Å². The molecule has 5 rings (SSSR count). The van der Waals surface area contributed by atoms with Crippen molar-refractivity contribution in [2.24, 2.45) is 0 Å². The molecule has 37 heavy (non-hydrogen) atoms. The summed E-state index contributed by atoms with van der Waals surface area (Å²) in [5.41, 5.74) is 3.25. The van der Waals surface area contributed by atoms with Crippen molar-refractivity contribution in [3.05, 3.63) is 39.4 Å². The molecule has 2 aromatic carbocycles. The van der Waals surface area contributed by atoms with Crippen LogP contribution in [0.5, 0.6) is 28.7 Å². The van der Waals surface area contributed by atoms with E-state index in [1.165, 1.54) is 33.3 Å². The molecule has 0 saturated carbocycles. The van der Waals surface area contributed by atoms with E-state index in [1.807, 2.05) is 17.9 Å². The van der Waals surface area contributed by atoms with Gasteiger partial charge in [0.2, 0.25) is 5.91 Å². The van der Waals surface area contributed by atoms with Crippen molar-refractivity contribution in [1.82, 2.24) is 9.80 Å². The maximum atomic E-state index is 14.5. The van der Waals surface area contributed by atoms with Gasteiger partial charge in [0.1, 0.15) is 11.8 Å². The van der Waals surface area contributed by atoms with E-state index in [0.717, 1.165) is 11.1 Å². The number of rotatable bonds is 5. The zero-order valence-electron chi connectivity index (χ0n) is 22.0. The number of ether oxygens (including phenoxy) is 4. The highest BCUT2D eigenvalue weighted by Gasteiger charge is 2.59. The number of methoxy groups -OCH3 is 4. The summed E-state index contributed by atoms with van der Waals surface area (Å²) < 4.78 is 22.5. The zero-order chi connectivity index (χ0) is 26.9. The van der Waals surface area contributed by atoms with Crippen molar-refractivity contribution >= 4 is 11.7 Å². The fourth-order valence-electron chi connectivity index (χ4n) is 6.64. The molecule has 4 atom stereocenters. The highest BCUT2D eigenvalue weighted by Crippen LogP contribution is 2.56. The summed E-state index contributed by atoms with van der Waals surface area (Å²) in [7, 11) is 7.67. The maximum Gasteiger partial charge on any atom is 0.241 e. The Balaban J connectivity index is 1.84. The van der Waals surface area contributed by atoms with E-state index in [9.17, 15) is 19.8 Å². The molecule has 0 aromatic heterocycles. The van der Waals surface area contributed by atoms with Gasteiger partial charge in [0.25, 0.3) is 0 Å². The molecule has 1 amide bonds. The van der Waals surface area contributed by atoms with Gasteiger partial charge in [-0.2, -0.15) is 0 Å². The Morgan fingerprint density at radius 3 is 2.11 bits per heavy atom. The Bertz CT molecular complexity index is 1320. The molecule has 2 bridgehead atoms. The summed E-state index contributed by atoms with van der Waals surface area (Å²) in [5, 5.41) is 22.0. The number of phenolic OH excluding ortho intramolecular Hbond substituents is 1. The van der Waals surface area contributed by atoms with Gasteiger partial charge in [-0.1, -0.05) is 6.07 Å². The van der Waals surface area contributed by atoms with Crippen molar-refractivity contribution < 1.29 is 38.7 Å². The minimum Gasteiger partial charge on any atom is -0.504 e. The number of aliphatic hydroxyl groups is 1. The summed E-state index contributed by atoms with van der Waals surface area (Å²) in [4.78, 5) is 31.8. The molecule has 3 aliphatic rings. The molecule has 10 nitrogen and oxygen atoms in total. The van der Waals surface area contributed by atoms with Crippen LogP contribution in [0.3, 0.4) is 0 Å². The van der Waals surface area contributed by atoms with Crippen LogP contribution in [0.1, 0.15) is 50.3 Å². The van der Waals surface area contributed by atoms with Crippen molar-refractivity contribution in [2.75, 3.05) is 42.1 Å². The van der Waals surface area contributed by atoms with Crippen LogP contribution < -0.4 is 18.9 Å². The van der Waals surface area contributed by atoms with Gasteiger partial charge in [0, 0.05) is 16.7 Å². The molecule has 0 spiro atoms. The lowest BCUT2D eigenvalue weighted by Crippen LogP contribution is -2.68. The summed E-state index contributed by atoms with van der Waals surface area (Å²) in [6.07, 6.45) is 0.347. The number of aryl methyl sites for hydroxylation is 1. The summed E-state index contributed by atoms with van der Waals surface area (Å²) >= 11 is 0. The number of nitrogens with zero attached hydrogens (tertiary/aromatic N) is 2. The Hall–Kier alpha value is -3.50. The highest BCUT2D eigenvalue weighted by atomic mass is 16.5. The van der Waals surface area contributed by atoms with E-state index in [1.54, 1.807) is 14.0 Å². The first kappa shape index (κ1) is 25.2. The van der Waals surface area contributed by atoms with Crippen LogP contribution in [0.15, 0.2) is 6.07 Å². The largest absolute Gasteiger partial charge is 0.504 e. The molecular weight excluding hydrogens is 480 g/mol. The number of aromatic hydroxyl groups is 1. The van der Waals surface area contributed by atoms with Gasteiger partial charge in [-0.05, 0) is 38.4 Å². The quantitative estimate of drug-likeness (QED) is 0.621. The normalized spacial score (nSPS) is 24.3. The molecule has 0 aliphatic carbocycles. The van der Waals surface area contributed by atoms with Crippen LogP contribution in [0, 0.1) is 13.8 Å². The number of amides is 1. The third-order valence-electron chi connectivity index (χ3n) is 8.14. The summed E-state index contributed by atoms with van der Waals surface area (Å²) in [6, 6.07) is -1.26. The molecule has 1 saturated heterocycles. The molecule has 3 aliphatic heterocycles. The van der Waals surface area contributed by atoms with Crippen molar-refractivity contribution in [1.29, 1.82) is 0 Å².